The van der Waals surface area contributed by atoms with Gasteiger partial charge in [-0.05, 0) is 12.1 Å². The number of aromatic carboxylic acids is 1. The molecule has 0 saturated heterocycles. The third kappa shape index (κ3) is 1.43. The number of hydrogen-bond donors (Lipinski definition) is 1. The standard InChI is InChI=1S/C10H8N6O2/c1-15-12-8(10(17)18)9(13-15)16-7-5-3-2-4-6(7)11-14-16/h2-5H,1H3,(H,17,18). The summed E-state index contributed by atoms with van der Waals surface area (Å²) in [5.41, 5.74) is 1.19. The smallest absolute Gasteiger partial charge is 0.360 e. The van der Waals surface area contributed by atoms with E-state index in [2.05, 4.69) is 20.5 Å². The number of aryl methyl sites for hydroxylation is 1. The quantitative estimate of drug-likeness (QED) is 0.693. The number of carboxylic acids is 1. The van der Waals surface area contributed by atoms with Gasteiger partial charge in [-0.1, -0.05) is 17.3 Å². The van der Waals surface area contributed by atoms with Gasteiger partial charge in [-0.15, -0.1) is 15.3 Å². The van der Waals surface area contributed by atoms with Crippen molar-refractivity contribution in [2.45, 2.75) is 0 Å². The van der Waals surface area contributed by atoms with Crippen LogP contribution in [-0.2, 0) is 7.05 Å². The third-order valence-electron chi connectivity index (χ3n) is 2.45. The van der Waals surface area contributed by atoms with Gasteiger partial charge in [0.15, 0.2) is 0 Å². The molecule has 3 rings (SSSR count). The zero-order valence-electron chi connectivity index (χ0n) is 9.35. The van der Waals surface area contributed by atoms with Crippen LogP contribution in [0.4, 0.5) is 0 Å². The van der Waals surface area contributed by atoms with Crippen LogP contribution < -0.4 is 0 Å². The van der Waals surface area contributed by atoms with Gasteiger partial charge in [0.2, 0.25) is 11.5 Å². The van der Waals surface area contributed by atoms with Crippen molar-refractivity contribution in [2.75, 3.05) is 0 Å². The van der Waals surface area contributed by atoms with E-state index < -0.39 is 5.97 Å². The number of hydrogen-bond acceptors (Lipinski definition) is 5. The number of aromatic nitrogens is 6. The molecule has 0 aliphatic rings. The van der Waals surface area contributed by atoms with E-state index in [1.165, 1.54) is 9.48 Å². The Morgan fingerprint density at radius 2 is 2.06 bits per heavy atom. The van der Waals surface area contributed by atoms with Crippen LogP contribution in [0, 0.1) is 0 Å². The van der Waals surface area contributed by atoms with Crippen molar-refractivity contribution < 1.29 is 9.90 Å². The summed E-state index contributed by atoms with van der Waals surface area (Å²) in [5.74, 6) is -1.00. The van der Waals surface area contributed by atoms with Crippen LogP contribution in [0.5, 0.6) is 0 Å². The predicted octanol–water partition coefficient (Wildman–Crippen LogP) is 0.247. The minimum atomic E-state index is -1.15. The lowest BCUT2D eigenvalue weighted by Crippen LogP contribution is -2.06. The van der Waals surface area contributed by atoms with E-state index in [1.807, 2.05) is 12.1 Å². The lowest BCUT2D eigenvalue weighted by atomic mass is 10.3. The van der Waals surface area contributed by atoms with Crippen LogP contribution in [0.2, 0.25) is 0 Å². The van der Waals surface area contributed by atoms with Crippen LogP contribution in [0.1, 0.15) is 10.5 Å². The Bertz CT molecular complexity index is 744. The van der Waals surface area contributed by atoms with E-state index in [0.717, 1.165) is 0 Å². The summed E-state index contributed by atoms with van der Waals surface area (Å²) >= 11 is 0. The van der Waals surface area contributed by atoms with E-state index in [9.17, 15) is 4.79 Å². The molecule has 0 aliphatic heterocycles. The molecule has 0 radical (unpaired) electrons. The SMILES string of the molecule is Cn1nc(C(=O)O)c(-n2nnc3ccccc32)n1. The summed E-state index contributed by atoms with van der Waals surface area (Å²) in [5, 5.41) is 24.7. The Labute approximate surface area is 100 Å². The van der Waals surface area contributed by atoms with Crippen molar-refractivity contribution in [1.82, 2.24) is 30.0 Å². The molecule has 3 aromatic rings. The second kappa shape index (κ2) is 3.62. The number of carboxylic acid groups (broad SMARTS) is 1. The highest BCUT2D eigenvalue weighted by atomic mass is 16.4. The fourth-order valence-electron chi connectivity index (χ4n) is 1.70. The zero-order valence-corrected chi connectivity index (χ0v) is 9.35. The average molecular weight is 244 g/mol. The first kappa shape index (κ1) is 10.4. The van der Waals surface area contributed by atoms with Crippen LogP contribution in [0.25, 0.3) is 16.9 Å². The summed E-state index contributed by atoms with van der Waals surface area (Å²) < 4.78 is 1.37. The maximum Gasteiger partial charge on any atom is 0.360 e. The topological polar surface area (TPSA) is 98.7 Å². The first-order valence-corrected chi connectivity index (χ1v) is 5.12. The monoisotopic (exact) mass is 244 g/mol. The van der Waals surface area contributed by atoms with Gasteiger partial charge in [0.25, 0.3) is 0 Å². The highest BCUT2D eigenvalue weighted by Crippen LogP contribution is 2.16. The number of para-hydroxylation sites is 1. The van der Waals surface area contributed by atoms with Crippen molar-refractivity contribution in [2.24, 2.45) is 7.05 Å². The van der Waals surface area contributed by atoms with Crippen LogP contribution >= 0.6 is 0 Å². The van der Waals surface area contributed by atoms with Crippen molar-refractivity contribution in [3.8, 4) is 5.82 Å². The molecule has 0 amide bonds. The largest absolute Gasteiger partial charge is 0.476 e. The van der Waals surface area contributed by atoms with Crippen LogP contribution in [0.3, 0.4) is 0 Å². The van der Waals surface area contributed by atoms with E-state index >= 15 is 0 Å². The Hall–Kier alpha value is -2.77. The summed E-state index contributed by atoms with van der Waals surface area (Å²) in [7, 11) is 1.55. The lowest BCUT2D eigenvalue weighted by Gasteiger charge is -1.97. The second-order valence-corrected chi connectivity index (χ2v) is 3.66. The Morgan fingerprint density at radius 3 is 2.83 bits per heavy atom. The first-order chi connectivity index (χ1) is 8.66. The molecule has 0 fully saturated rings. The van der Waals surface area contributed by atoms with Gasteiger partial charge in [0.1, 0.15) is 5.52 Å². The van der Waals surface area contributed by atoms with Crippen molar-refractivity contribution in [1.29, 1.82) is 0 Å². The Morgan fingerprint density at radius 1 is 1.28 bits per heavy atom. The van der Waals surface area contributed by atoms with Crippen molar-refractivity contribution >= 4 is 17.0 Å². The molecule has 0 bridgehead atoms. The maximum absolute atomic E-state index is 11.1. The Kier molecular flexibility index (Phi) is 2.09. The molecule has 0 unspecified atom stereocenters. The third-order valence-corrected chi connectivity index (χ3v) is 2.45. The van der Waals surface area contributed by atoms with Gasteiger partial charge < -0.3 is 5.11 Å². The number of fused-ring (bicyclic) bond motifs is 1. The number of benzene rings is 1. The molecule has 2 heterocycles. The number of carbonyl (C=O) groups is 1. The normalized spacial score (nSPS) is 10.9. The van der Waals surface area contributed by atoms with Gasteiger partial charge in [0, 0.05) is 7.05 Å². The second-order valence-electron chi connectivity index (χ2n) is 3.66. The van der Waals surface area contributed by atoms with Crippen LogP contribution in [-0.4, -0.2) is 41.1 Å². The fourth-order valence-corrected chi connectivity index (χ4v) is 1.70. The summed E-state index contributed by atoms with van der Waals surface area (Å²) in [6, 6.07) is 7.22. The molecule has 8 nitrogen and oxygen atoms in total. The maximum atomic E-state index is 11.1. The molecule has 0 aliphatic carbocycles. The first-order valence-electron chi connectivity index (χ1n) is 5.12. The molecule has 8 heteroatoms. The number of nitrogens with zero attached hydrogens (tertiary/aromatic N) is 6. The van der Waals surface area contributed by atoms with Crippen molar-refractivity contribution in [3.63, 3.8) is 0 Å². The van der Waals surface area contributed by atoms with Gasteiger partial charge in [-0.2, -0.15) is 9.48 Å². The molecule has 0 atom stereocenters. The minimum absolute atomic E-state index is 0.152. The van der Waals surface area contributed by atoms with Crippen LogP contribution in [0.15, 0.2) is 24.3 Å². The predicted molar refractivity (Wildman–Crippen MR) is 60.4 cm³/mol. The molecule has 1 N–H and O–H groups in total. The molecule has 90 valence electrons. The molecular formula is C10H8N6O2. The van der Waals surface area contributed by atoms with Crippen molar-refractivity contribution in [3.05, 3.63) is 30.0 Å². The highest BCUT2D eigenvalue weighted by Gasteiger charge is 2.20. The van der Waals surface area contributed by atoms with E-state index in [4.69, 9.17) is 5.11 Å². The number of rotatable bonds is 2. The summed E-state index contributed by atoms with van der Waals surface area (Å²) in [6.45, 7) is 0. The average Bonchev–Trinajstić information content (AvgIpc) is 2.92. The molecule has 18 heavy (non-hydrogen) atoms. The zero-order chi connectivity index (χ0) is 12.7. The minimum Gasteiger partial charge on any atom is -0.476 e. The summed E-state index contributed by atoms with van der Waals surface area (Å²) in [4.78, 5) is 12.3. The van der Waals surface area contributed by atoms with Gasteiger partial charge in [-0.3, -0.25) is 0 Å². The van der Waals surface area contributed by atoms with Gasteiger partial charge in [0.05, 0.1) is 5.52 Å². The molecular weight excluding hydrogens is 236 g/mol. The fraction of sp³-hybridized carbons (Fsp3) is 0.100. The lowest BCUT2D eigenvalue weighted by molar-refractivity contribution is 0.0689. The van der Waals surface area contributed by atoms with Gasteiger partial charge >= 0.3 is 5.97 Å². The molecule has 1 aromatic carbocycles. The van der Waals surface area contributed by atoms with E-state index in [1.54, 1.807) is 19.2 Å². The highest BCUT2D eigenvalue weighted by molar-refractivity contribution is 5.89. The Balaban J connectivity index is 2.29. The van der Waals surface area contributed by atoms with E-state index in [-0.39, 0.29) is 11.5 Å². The summed E-state index contributed by atoms with van der Waals surface area (Å²) in [6.07, 6.45) is 0. The molecule has 2 aromatic heterocycles. The van der Waals surface area contributed by atoms with E-state index in [0.29, 0.717) is 11.0 Å². The van der Waals surface area contributed by atoms with Gasteiger partial charge in [-0.25, -0.2) is 4.79 Å². The molecule has 0 saturated carbocycles. The molecule has 0 spiro atoms.